The van der Waals surface area contributed by atoms with Gasteiger partial charge in [-0.1, -0.05) is 17.7 Å². The molecular weight excluding hydrogens is 629 g/mol. The Labute approximate surface area is 247 Å². The number of rotatable bonds is 10. The number of ether oxygens (including phenoxy) is 4. The normalized spacial score (nSPS) is 18.8. The summed E-state index contributed by atoms with van der Waals surface area (Å²) in [6, 6.07) is 5.97. The molecule has 0 saturated carbocycles. The molecule has 1 N–H and O–H groups in total. The molecule has 0 amide bonds. The van der Waals surface area contributed by atoms with Gasteiger partial charge in [-0.05, 0) is 37.5 Å². The number of nitrogens with zero attached hydrogens (tertiary/aromatic N) is 2. The second-order valence-corrected chi connectivity index (χ2v) is 12.8. The van der Waals surface area contributed by atoms with Crippen LogP contribution in [0.15, 0.2) is 46.3 Å². The Morgan fingerprint density at radius 3 is 2.33 bits per heavy atom. The van der Waals surface area contributed by atoms with E-state index in [-0.39, 0.29) is 5.56 Å². The lowest BCUT2D eigenvalue weighted by Crippen LogP contribution is -2.51. The molecule has 43 heavy (non-hydrogen) atoms. The largest absolute Gasteiger partial charge is 0.493 e. The summed E-state index contributed by atoms with van der Waals surface area (Å²) >= 11 is 0. The van der Waals surface area contributed by atoms with Gasteiger partial charge in [-0.2, -0.15) is 26.9 Å². The van der Waals surface area contributed by atoms with Crippen molar-refractivity contribution in [3.05, 3.63) is 53.3 Å². The van der Waals surface area contributed by atoms with Crippen LogP contribution in [0.25, 0.3) is 0 Å². The van der Waals surface area contributed by atoms with Gasteiger partial charge in [0.05, 0.1) is 23.2 Å². The quantitative estimate of drug-likeness (QED) is 0.317. The predicted molar refractivity (Wildman–Crippen MR) is 141 cm³/mol. The maximum Gasteiger partial charge on any atom is 0.417 e. The molecule has 1 aliphatic carbocycles. The van der Waals surface area contributed by atoms with Gasteiger partial charge in [0.25, 0.3) is 25.9 Å². The van der Waals surface area contributed by atoms with E-state index in [0.717, 1.165) is 32.4 Å². The SMILES string of the molecule is [2H]C([2H])([2H])O[C@@]1(C(F)(F)F)CCc2c(S(=O)(=O)Nc3nc(OC)c(OC(F)F)cc3OC)cn(S(=O)(=O)c3ccc(C)cc3)c2C1. The zero-order valence-corrected chi connectivity index (χ0v) is 24.2. The van der Waals surface area contributed by atoms with E-state index < -0.39 is 103 Å². The minimum atomic E-state index is -5.32. The van der Waals surface area contributed by atoms with Crippen LogP contribution in [0.1, 0.15) is 27.4 Å². The molecule has 0 radical (unpaired) electrons. The summed E-state index contributed by atoms with van der Waals surface area (Å²) < 4.78 is 167. The minimum absolute atomic E-state index is 0.342. The van der Waals surface area contributed by atoms with E-state index >= 15 is 0 Å². The lowest BCUT2D eigenvalue weighted by molar-refractivity contribution is -0.273. The topological polar surface area (TPSA) is 135 Å². The first-order valence-electron chi connectivity index (χ1n) is 13.6. The first-order valence-corrected chi connectivity index (χ1v) is 15.0. The fourth-order valence-corrected chi connectivity index (χ4v) is 7.31. The van der Waals surface area contributed by atoms with Gasteiger partial charge in [-0.3, -0.25) is 4.72 Å². The number of benzene rings is 1. The lowest BCUT2D eigenvalue weighted by atomic mass is 9.83. The van der Waals surface area contributed by atoms with E-state index in [0.29, 0.717) is 15.7 Å². The average molecular weight is 659 g/mol. The van der Waals surface area contributed by atoms with Crippen molar-refractivity contribution in [3.8, 4) is 17.4 Å². The maximum absolute atomic E-state index is 14.5. The molecular formula is C25H26F5N3O8S2. The number of nitrogens with one attached hydrogen (secondary N) is 1. The van der Waals surface area contributed by atoms with Crippen LogP contribution in [0.2, 0.25) is 0 Å². The van der Waals surface area contributed by atoms with Crippen molar-refractivity contribution in [2.75, 3.05) is 26.0 Å². The molecule has 11 nitrogen and oxygen atoms in total. The number of pyridine rings is 1. The molecule has 2 aromatic heterocycles. The summed E-state index contributed by atoms with van der Waals surface area (Å²) in [5.41, 5.74) is -3.82. The van der Waals surface area contributed by atoms with Gasteiger partial charge in [0.1, 0.15) is 4.90 Å². The van der Waals surface area contributed by atoms with Crippen molar-refractivity contribution in [1.29, 1.82) is 0 Å². The number of hydrogen-bond donors (Lipinski definition) is 1. The number of aromatic nitrogens is 2. The van der Waals surface area contributed by atoms with Crippen LogP contribution in [0, 0.1) is 6.92 Å². The molecule has 0 aliphatic heterocycles. The Hall–Kier alpha value is -3.64. The molecule has 4 rings (SSSR count). The van der Waals surface area contributed by atoms with Gasteiger partial charge in [0.15, 0.2) is 22.9 Å². The van der Waals surface area contributed by atoms with E-state index in [2.05, 4.69) is 14.5 Å². The predicted octanol–water partition coefficient (Wildman–Crippen LogP) is 4.28. The van der Waals surface area contributed by atoms with Crippen LogP contribution in [0.5, 0.6) is 17.4 Å². The summed E-state index contributed by atoms with van der Waals surface area (Å²) in [6.45, 7) is -1.67. The number of hydrogen-bond acceptors (Lipinski definition) is 9. The van der Waals surface area contributed by atoms with Crippen LogP contribution >= 0.6 is 0 Å². The molecule has 1 aliphatic rings. The van der Waals surface area contributed by atoms with Crippen LogP contribution < -0.4 is 18.9 Å². The molecule has 0 unspecified atom stereocenters. The fraction of sp³-hybridized carbons (Fsp3) is 0.400. The maximum atomic E-state index is 14.5. The lowest BCUT2D eigenvalue weighted by Gasteiger charge is -2.38. The molecule has 0 fully saturated rings. The van der Waals surface area contributed by atoms with Gasteiger partial charge in [0, 0.05) is 31.4 Å². The third kappa shape index (κ3) is 5.95. The van der Waals surface area contributed by atoms with Crippen molar-refractivity contribution in [1.82, 2.24) is 8.96 Å². The van der Waals surface area contributed by atoms with E-state index in [1.165, 1.54) is 12.1 Å². The van der Waals surface area contributed by atoms with Crippen LogP contribution in [0.3, 0.4) is 0 Å². The number of methoxy groups -OCH3 is 3. The second-order valence-electron chi connectivity index (χ2n) is 9.33. The summed E-state index contributed by atoms with van der Waals surface area (Å²) in [7, 11) is -11.2. The van der Waals surface area contributed by atoms with Crippen molar-refractivity contribution in [3.63, 3.8) is 0 Å². The number of anilines is 1. The Balaban J connectivity index is 1.92. The molecule has 236 valence electrons. The van der Waals surface area contributed by atoms with Crippen molar-refractivity contribution in [2.45, 2.75) is 54.4 Å². The minimum Gasteiger partial charge on any atom is -0.493 e. The van der Waals surface area contributed by atoms with Gasteiger partial charge >= 0.3 is 12.8 Å². The summed E-state index contributed by atoms with van der Waals surface area (Å²) in [4.78, 5) is 2.59. The first kappa shape index (κ1) is 28.1. The van der Waals surface area contributed by atoms with Crippen molar-refractivity contribution in [2.24, 2.45) is 0 Å². The summed E-state index contributed by atoms with van der Waals surface area (Å²) in [6.07, 6.45) is -7.97. The summed E-state index contributed by atoms with van der Waals surface area (Å²) in [5.74, 6) is -2.29. The van der Waals surface area contributed by atoms with Gasteiger partial charge in [0.2, 0.25) is 0 Å². The zero-order chi connectivity index (χ0) is 34.5. The number of sulfonamides is 1. The molecule has 0 bridgehead atoms. The van der Waals surface area contributed by atoms with E-state index in [1.807, 2.05) is 4.72 Å². The van der Waals surface area contributed by atoms with Gasteiger partial charge in [-0.25, -0.2) is 20.8 Å². The van der Waals surface area contributed by atoms with Crippen molar-refractivity contribution < 1.29 is 61.8 Å². The first-order chi connectivity index (χ1) is 21.1. The number of fused-ring (bicyclic) bond motifs is 1. The van der Waals surface area contributed by atoms with Gasteiger partial charge in [-0.15, -0.1) is 0 Å². The molecule has 1 atom stereocenters. The Bertz CT molecular complexity index is 1830. The highest BCUT2D eigenvalue weighted by Crippen LogP contribution is 2.46. The molecule has 18 heteroatoms. The van der Waals surface area contributed by atoms with Crippen molar-refractivity contribution >= 4 is 25.9 Å². The molecule has 2 heterocycles. The van der Waals surface area contributed by atoms with E-state index in [9.17, 15) is 38.8 Å². The van der Waals surface area contributed by atoms with Crippen LogP contribution in [-0.2, 0) is 37.6 Å². The standard InChI is InChI=1S/C25H26F5N3O8S2/c1-14-5-7-15(8-6-14)43(36,37)33-13-20(16-9-10-24(40-4,12-17(16)33)25(28,29)30)42(34,35)32-21-18(38-2)11-19(41-23(26)27)22(31-21)39-3/h5-8,11,13,23H,9-10,12H2,1-4H3,(H,31,32)/t24-/m0/s1/i4D3. The van der Waals surface area contributed by atoms with Crippen LogP contribution in [-0.4, -0.2) is 65.4 Å². The summed E-state index contributed by atoms with van der Waals surface area (Å²) in [5, 5.41) is 0. The number of alkyl halides is 5. The number of aryl methyl sites for hydroxylation is 1. The van der Waals surface area contributed by atoms with E-state index in [1.54, 1.807) is 6.92 Å². The number of halogens is 5. The third-order valence-electron chi connectivity index (χ3n) is 6.74. The van der Waals surface area contributed by atoms with Gasteiger partial charge < -0.3 is 18.9 Å². The zero-order valence-electron chi connectivity index (χ0n) is 25.5. The Kier molecular flexibility index (Phi) is 7.50. The Morgan fingerprint density at radius 1 is 1.09 bits per heavy atom. The molecule has 1 aromatic carbocycles. The Morgan fingerprint density at radius 2 is 1.77 bits per heavy atom. The fourth-order valence-electron chi connectivity index (χ4n) is 4.53. The highest BCUT2D eigenvalue weighted by Gasteiger charge is 2.58. The average Bonchev–Trinajstić information content (AvgIpc) is 3.32. The molecule has 0 saturated heterocycles. The highest BCUT2D eigenvalue weighted by atomic mass is 32.2. The molecule has 0 spiro atoms. The molecule has 3 aromatic rings. The second kappa shape index (κ2) is 11.5. The van der Waals surface area contributed by atoms with E-state index in [4.69, 9.17) is 13.6 Å². The smallest absolute Gasteiger partial charge is 0.417 e. The monoisotopic (exact) mass is 658 g/mol. The van der Waals surface area contributed by atoms with Crippen LogP contribution in [0.4, 0.5) is 27.8 Å². The third-order valence-corrected chi connectivity index (χ3v) is 9.84. The highest BCUT2D eigenvalue weighted by molar-refractivity contribution is 7.93.